The summed E-state index contributed by atoms with van der Waals surface area (Å²) >= 11 is 5.86. The number of nitrogens with zero attached hydrogens (tertiary/aromatic N) is 4. The van der Waals surface area contributed by atoms with Gasteiger partial charge in [-0.2, -0.15) is 0 Å². The molecule has 0 saturated carbocycles. The van der Waals surface area contributed by atoms with E-state index in [1.807, 2.05) is 23.6 Å². The van der Waals surface area contributed by atoms with Gasteiger partial charge in [-0.05, 0) is 24.3 Å². The molecule has 6 nitrogen and oxygen atoms in total. The summed E-state index contributed by atoms with van der Waals surface area (Å²) in [6, 6.07) is 7.51. The summed E-state index contributed by atoms with van der Waals surface area (Å²) < 4.78 is 5.66. The first-order chi connectivity index (χ1) is 11.0. The van der Waals surface area contributed by atoms with Gasteiger partial charge in [0.05, 0.1) is 0 Å². The summed E-state index contributed by atoms with van der Waals surface area (Å²) in [6.07, 6.45) is 0. The molecule has 2 aromatic rings. The predicted octanol–water partition coefficient (Wildman–Crippen LogP) is 2.81. The Balaban J connectivity index is 1.61. The minimum atomic E-state index is 0.0229. The summed E-state index contributed by atoms with van der Waals surface area (Å²) in [7, 11) is 0. The van der Waals surface area contributed by atoms with E-state index in [4.69, 9.17) is 16.0 Å². The third-order valence-electron chi connectivity index (χ3n) is 3.85. The van der Waals surface area contributed by atoms with E-state index in [0.717, 1.165) is 0 Å². The van der Waals surface area contributed by atoms with E-state index in [0.29, 0.717) is 48.7 Å². The number of hydrogen-bond donors (Lipinski definition) is 0. The van der Waals surface area contributed by atoms with Crippen molar-refractivity contribution < 1.29 is 9.21 Å². The molecule has 1 aromatic carbocycles. The molecular formula is C16H19ClN4O2. The number of hydrogen-bond acceptors (Lipinski definition) is 5. The van der Waals surface area contributed by atoms with Gasteiger partial charge >= 0.3 is 6.01 Å². The van der Waals surface area contributed by atoms with Gasteiger partial charge in [0.2, 0.25) is 5.89 Å². The Morgan fingerprint density at radius 3 is 2.35 bits per heavy atom. The van der Waals surface area contributed by atoms with Gasteiger partial charge in [0.15, 0.2) is 0 Å². The van der Waals surface area contributed by atoms with E-state index in [1.165, 1.54) is 0 Å². The third-order valence-corrected chi connectivity index (χ3v) is 4.10. The SMILES string of the molecule is CC(C)c1nnc(N2CCN(C(=O)c3ccc(Cl)cc3)CC2)o1. The van der Waals surface area contributed by atoms with Crippen molar-refractivity contribution in [3.63, 3.8) is 0 Å². The zero-order chi connectivity index (χ0) is 16.4. The second-order valence-corrected chi connectivity index (χ2v) is 6.30. The van der Waals surface area contributed by atoms with E-state index < -0.39 is 0 Å². The summed E-state index contributed by atoms with van der Waals surface area (Å²) in [5, 5.41) is 8.77. The molecule has 1 fully saturated rings. The molecule has 0 N–H and O–H groups in total. The number of benzene rings is 1. The van der Waals surface area contributed by atoms with Crippen LogP contribution in [0.2, 0.25) is 5.02 Å². The molecule has 1 aromatic heterocycles. The van der Waals surface area contributed by atoms with Crippen LogP contribution in [0.4, 0.5) is 6.01 Å². The number of aromatic nitrogens is 2. The van der Waals surface area contributed by atoms with E-state index in [-0.39, 0.29) is 11.8 Å². The van der Waals surface area contributed by atoms with Crippen LogP contribution in [0, 0.1) is 0 Å². The fourth-order valence-corrected chi connectivity index (χ4v) is 2.59. The number of rotatable bonds is 3. The lowest BCUT2D eigenvalue weighted by Crippen LogP contribution is -2.48. The molecular weight excluding hydrogens is 316 g/mol. The van der Waals surface area contributed by atoms with Crippen LogP contribution in [0.5, 0.6) is 0 Å². The van der Waals surface area contributed by atoms with Crippen LogP contribution in [0.25, 0.3) is 0 Å². The number of anilines is 1. The first-order valence-electron chi connectivity index (χ1n) is 7.68. The maximum absolute atomic E-state index is 12.5. The highest BCUT2D eigenvalue weighted by Crippen LogP contribution is 2.20. The fourth-order valence-electron chi connectivity index (χ4n) is 2.46. The number of halogens is 1. The van der Waals surface area contributed by atoms with Crippen molar-refractivity contribution in [2.75, 3.05) is 31.1 Å². The van der Waals surface area contributed by atoms with Crippen LogP contribution in [-0.2, 0) is 0 Å². The number of carbonyl (C=O) groups excluding carboxylic acids is 1. The summed E-state index contributed by atoms with van der Waals surface area (Å²) in [4.78, 5) is 16.3. The topological polar surface area (TPSA) is 62.5 Å². The molecule has 7 heteroatoms. The van der Waals surface area contributed by atoms with Crippen molar-refractivity contribution in [3.8, 4) is 0 Å². The van der Waals surface area contributed by atoms with Crippen molar-refractivity contribution in [1.82, 2.24) is 15.1 Å². The van der Waals surface area contributed by atoms with Crippen molar-refractivity contribution in [1.29, 1.82) is 0 Å². The van der Waals surface area contributed by atoms with Gasteiger partial charge in [0, 0.05) is 42.7 Å². The molecule has 1 aliphatic rings. The van der Waals surface area contributed by atoms with Gasteiger partial charge in [-0.3, -0.25) is 4.79 Å². The van der Waals surface area contributed by atoms with Gasteiger partial charge < -0.3 is 14.2 Å². The average molecular weight is 335 g/mol. The maximum Gasteiger partial charge on any atom is 0.318 e. The number of amides is 1. The first kappa shape index (κ1) is 15.8. The fraction of sp³-hybridized carbons (Fsp3) is 0.438. The van der Waals surface area contributed by atoms with E-state index in [2.05, 4.69) is 10.2 Å². The highest BCUT2D eigenvalue weighted by molar-refractivity contribution is 6.30. The Morgan fingerprint density at radius 2 is 1.78 bits per heavy atom. The van der Waals surface area contributed by atoms with Crippen molar-refractivity contribution >= 4 is 23.5 Å². The van der Waals surface area contributed by atoms with Gasteiger partial charge in [-0.1, -0.05) is 30.5 Å². The quantitative estimate of drug-likeness (QED) is 0.863. The second kappa shape index (κ2) is 6.58. The van der Waals surface area contributed by atoms with Gasteiger partial charge in [-0.25, -0.2) is 0 Å². The zero-order valence-corrected chi connectivity index (χ0v) is 14.0. The van der Waals surface area contributed by atoms with Crippen LogP contribution in [0.15, 0.2) is 28.7 Å². The first-order valence-corrected chi connectivity index (χ1v) is 8.05. The minimum Gasteiger partial charge on any atom is -0.408 e. The maximum atomic E-state index is 12.5. The molecule has 3 rings (SSSR count). The molecule has 0 unspecified atom stereocenters. The molecule has 2 heterocycles. The molecule has 1 amide bonds. The Kier molecular flexibility index (Phi) is 4.52. The van der Waals surface area contributed by atoms with Crippen LogP contribution in [0.3, 0.4) is 0 Å². The Bertz CT molecular complexity index is 676. The molecule has 0 atom stereocenters. The molecule has 0 spiro atoms. The van der Waals surface area contributed by atoms with Crippen molar-refractivity contribution in [3.05, 3.63) is 40.7 Å². The van der Waals surface area contributed by atoms with Crippen molar-refractivity contribution in [2.24, 2.45) is 0 Å². The summed E-state index contributed by atoms with van der Waals surface area (Å²) in [5.74, 6) is 0.874. The molecule has 1 saturated heterocycles. The lowest BCUT2D eigenvalue weighted by atomic mass is 10.2. The highest BCUT2D eigenvalue weighted by atomic mass is 35.5. The standard InChI is InChI=1S/C16H19ClN4O2/c1-11(2)14-18-19-16(23-14)21-9-7-20(8-10-21)15(22)12-3-5-13(17)6-4-12/h3-6,11H,7-10H2,1-2H3. The van der Waals surface area contributed by atoms with Crippen LogP contribution >= 0.6 is 11.6 Å². The van der Waals surface area contributed by atoms with Gasteiger partial charge in [0.1, 0.15) is 0 Å². The minimum absolute atomic E-state index is 0.0229. The summed E-state index contributed by atoms with van der Waals surface area (Å²) in [6.45, 7) is 6.64. The van der Waals surface area contributed by atoms with E-state index in [9.17, 15) is 4.79 Å². The Hall–Kier alpha value is -2.08. The van der Waals surface area contributed by atoms with Crippen LogP contribution < -0.4 is 4.90 Å². The second-order valence-electron chi connectivity index (χ2n) is 5.86. The van der Waals surface area contributed by atoms with Gasteiger partial charge in [0.25, 0.3) is 5.91 Å². The van der Waals surface area contributed by atoms with Gasteiger partial charge in [-0.15, -0.1) is 5.10 Å². The average Bonchev–Trinajstić information content (AvgIpc) is 3.05. The number of carbonyl (C=O) groups is 1. The smallest absolute Gasteiger partial charge is 0.318 e. The van der Waals surface area contributed by atoms with E-state index in [1.54, 1.807) is 24.3 Å². The van der Waals surface area contributed by atoms with Crippen molar-refractivity contribution in [2.45, 2.75) is 19.8 Å². The lowest BCUT2D eigenvalue weighted by molar-refractivity contribution is 0.0745. The van der Waals surface area contributed by atoms with Crippen LogP contribution in [0.1, 0.15) is 36.0 Å². The largest absolute Gasteiger partial charge is 0.408 e. The van der Waals surface area contributed by atoms with Crippen LogP contribution in [-0.4, -0.2) is 47.2 Å². The normalized spacial score (nSPS) is 15.3. The number of piperazine rings is 1. The predicted molar refractivity (Wildman–Crippen MR) is 88.0 cm³/mol. The summed E-state index contributed by atoms with van der Waals surface area (Å²) in [5.41, 5.74) is 0.655. The Morgan fingerprint density at radius 1 is 1.13 bits per heavy atom. The molecule has 0 bridgehead atoms. The molecule has 0 aliphatic carbocycles. The van der Waals surface area contributed by atoms with E-state index >= 15 is 0 Å². The Labute approximate surface area is 140 Å². The molecule has 23 heavy (non-hydrogen) atoms. The molecule has 1 aliphatic heterocycles. The zero-order valence-electron chi connectivity index (χ0n) is 13.2. The molecule has 0 radical (unpaired) electrons. The monoisotopic (exact) mass is 334 g/mol. The highest BCUT2D eigenvalue weighted by Gasteiger charge is 2.25. The lowest BCUT2D eigenvalue weighted by Gasteiger charge is -2.33. The molecule has 122 valence electrons. The third kappa shape index (κ3) is 3.47.